The first-order valence-corrected chi connectivity index (χ1v) is 10.0. The Balaban J connectivity index is 1.66. The molecular formula is C22H19ClFN3O4. The Kier molecular flexibility index (Phi) is 5.41. The molecule has 0 saturated carbocycles. The van der Waals surface area contributed by atoms with Gasteiger partial charge in [-0.15, -0.1) is 0 Å². The van der Waals surface area contributed by atoms with Gasteiger partial charge >= 0.3 is 6.09 Å². The Labute approximate surface area is 182 Å². The van der Waals surface area contributed by atoms with E-state index in [-0.39, 0.29) is 18.5 Å². The lowest BCUT2D eigenvalue weighted by atomic mass is 10.1. The van der Waals surface area contributed by atoms with E-state index in [9.17, 15) is 24.2 Å². The average Bonchev–Trinajstić information content (AvgIpc) is 2.74. The zero-order valence-corrected chi connectivity index (χ0v) is 17.3. The van der Waals surface area contributed by atoms with Crippen molar-refractivity contribution in [2.45, 2.75) is 13.0 Å². The number of rotatable bonds is 2. The van der Waals surface area contributed by atoms with Crippen molar-refractivity contribution in [1.29, 1.82) is 0 Å². The van der Waals surface area contributed by atoms with Gasteiger partial charge in [-0.3, -0.25) is 4.79 Å². The van der Waals surface area contributed by atoms with Crippen LogP contribution < -0.4 is 0 Å². The highest BCUT2D eigenvalue weighted by atomic mass is 35.5. The van der Waals surface area contributed by atoms with Crippen LogP contribution >= 0.6 is 11.6 Å². The number of amides is 2. The molecule has 2 amide bonds. The van der Waals surface area contributed by atoms with Crippen LogP contribution in [-0.4, -0.2) is 62.7 Å². The van der Waals surface area contributed by atoms with E-state index in [4.69, 9.17) is 11.6 Å². The van der Waals surface area contributed by atoms with Gasteiger partial charge in [0.1, 0.15) is 0 Å². The lowest BCUT2D eigenvalue weighted by Gasteiger charge is -2.38. The first kappa shape index (κ1) is 20.9. The van der Waals surface area contributed by atoms with Gasteiger partial charge in [0.05, 0.1) is 16.2 Å². The molecule has 1 aliphatic heterocycles. The molecule has 2 aromatic carbocycles. The number of benzene rings is 2. The van der Waals surface area contributed by atoms with Gasteiger partial charge in [0.15, 0.2) is 11.6 Å². The lowest BCUT2D eigenvalue weighted by molar-refractivity contribution is 0.0507. The van der Waals surface area contributed by atoms with E-state index in [1.165, 1.54) is 17.0 Å². The molecule has 160 valence electrons. The van der Waals surface area contributed by atoms with Crippen LogP contribution in [0, 0.1) is 5.82 Å². The van der Waals surface area contributed by atoms with E-state index in [0.717, 1.165) is 6.07 Å². The number of halogens is 2. The van der Waals surface area contributed by atoms with E-state index < -0.39 is 17.7 Å². The molecule has 0 spiro atoms. The Hall–Kier alpha value is -3.39. The topological polar surface area (TPSA) is 94.0 Å². The quantitative estimate of drug-likeness (QED) is 0.618. The largest absolute Gasteiger partial charge is 0.505 e. The second-order valence-corrected chi connectivity index (χ2v) is 7.87. The van der Waals surface area contributed by atoms with Crippen LogP contribution in [0.15, 0.2) is 42.5 Å². The third kappa shape index (κ3) is 3.98. The summed E-state index contributed by atoms with van der Waals surface area (Å²) in [5.74, 6) is -1.45. The number of fused-ring (bicyclic) bond motifs is 1. The monoisotopic (exact) mass is 443 g/mol. The zero-order chi connectivity index (χ0) is 22.3. The van der Waals surface area contributed by atoms with Gasteiger partial charge in [0, 0.05) is 42.2 Å². The molecule has 1 aromatic heterocycles. The average molecular weight is 444 g/mol. The van der Waals surface area contributed by atoms with Crippen LogP contribution in [0.2, 0.25) is 5.02 Å². The predicted molar refractivity (Wildman–Crippen MR) is 114 cm³/mol. The maximum Gasteiger partial charge on any atom is 0.407 e. The molecule has 1 atom stereocenters. The van der Waals surface area contributed by atoms with Crippen molar-refractivity contribution in [3.8, 4) is 17.0 Å². The van der Waals surface area contributed by atoms with Crippen molar-refractivity contribution in [3.05, 3.63) is 58.9 Å². The SMILES string of the molecule is C[C@H]1CN(C(=O)c2ccc3c(Cl)cc(-c4ccc(O)c(F)c4)nc3c2)CCN1C(=O)O. The van der Waals surface area contributed by atoms with Crippen molar-refractivity contribution in [3.63, 3.8) is 0 Å². The number of pyridine rings is 1. The molecule has 9 heteroatoms. The number of carbonyl (C=O) groups excluding carboxylic acids is 1. The molecule has 0 unspecified atom stereocenters. The third-order valence-corrected chi connectivity index (χ3v) is 5.72. The molecule has 31 heavy (non-hydrogen) atoms. The molecule has 3 aromatic rings. The number of piperazine rings is 1. The van der Waals surface area contributed by atoms with Crippen LogP contribution in [0.4, 0.5) is 9.18 Å². The molecule has 7 nitrogen and oxygen atoms in total. The van der Waals surface area contributed by atoms with Crippen molar-refractivity contribution in [2.75, 3.05) is 19.6 Å². The number of phenols is 1. The van der Waals surface area contributed by atoms with E-state index in [1.807, 2.05) is 0 Å². The van der Waals surface area contributed by atoms with Crippen molar-refractivity contribution < 1.29 is 24.2 Å². The van der Waals surface area contributed by atoms with E-state index in [0.29, 0.717) is 45.8 Å². The minimum absolute atomic E-state index is 0.224. The third-order valence-electron chi connectivity index (χ3n) is 5.41. The van der Waals surface area contributed by atoms with Gasteiger partial charge in [-0.05, 0) is 43.3 Å². The first-order valence-electron chi connectivity index (χ1n) is 9.62. The summed E-state index contributed by atoms with van der Waals surface area (Å²) >= 11 is 6.39. The number of carbonyl (C=O) groups is 2. The lowest BCUT2D eigenvalue weighted by Crippen LogP contribution is -2.55. The summed E-state index contributed by atoms with van der Waals surface area (Å²) in [5, 5.41) is 19.7. The Morgan fingerprint density at radius 3 is 2.61 bits per heavy atom. The molecule has 1 fully saturated rings. The van der Waals surface area contributed by atoms with E-state index in [2.05, 4.69) is 4.98 Å². The Morgan fingerprint density at radius 1 is 1.16 bits per heavy atom. The van der Waals surface area contributed by atoms with Crippen LogP contribution in [-0.2, 0) is 0 Å². The molecule has 1 saturated heterocycles. The van der Waals surface area contributed by atoms with Crippen LogP contribution in [0.3, 0.4) is 0 Å². The number of carboxylic acid groups (broad SMARTS) is 1. The molecule has 2 N–H and O–H groups in total. The highest BCUT2D eigenvalue weighted by molar-refractivity contribution is 6.35. The van der Waals surface area contributed by atoms with Crippen LogP contribution in [0.1, 0.15) is 17.3 Å². The maximum absolute atomic E-state index is 13.8. The van der Waals surface area contributed by atoms with Crippen molar-refractivity contribution >= 4 is 34.5 Å². The highest BCUT2D eigenvalue weighted by Gasteiger charge is 2.30. The second kappa shape index (κ2) is 8.03. The number of nitrogens with zero attached hydrogens (tertiary/aromatic N) is 3. The Morgan fingerprint density at radius 2 is 1.94 bits per heavy atom. The summed E-state index contributed by atoms with van der Waals surface area (Å²) in [6.45, 7) is 2.60. The normalized spacial score (nSPS) is 16.5. The number of aromatic hydroxyl groups is 1. The van der Waals surface area contributed by atoms with E-state index >= 15 is 0 Å². The number of hydrogen-bond donors (Lipinski definition) is 2. The standard InChI is InChI=1S/C22H19ClFN3O4/c1-12-11-26(6-7-27(12)22(30)31)21(29)14-2-4-15-16(23)10-18(25-19(15)9-14)13-3-5-20(28)17(24)8-13/h2-5,8-10,12,28H,6-7,11H2,1H3,(H,30,31)/t12-/m0/s1. The molecule has 0 aliphatic carbocycles. The van der Waals surface area contributed by atoms with Gasteiger partial charge in [-0.1, -0.05) is 17.7 Å². The fourth-order valence-electron chi connectivity index (χ4n) is 3.74. The second-order valence-electron chi connectivity index (χ2n) is 7.46. The zero-order valence-electron chi connectivity index (χ0n) is 16.5. The fourth-order valence-corrected chi connectivity index (χ4v) is 4.01. The first-order chi connectivity index (χ1) is 14.7. The summed E-state index contributed by atoms with van der Waals surface area (Å²) < 4.78 is 13.8. The summed E-state index contributed by atoms with van der Waals surface area (Å²) in [7, 11) is 0. The van der Waals surface area contributed by atoms with Crippen LogP contribution in [0.25, 0.3) is 22.2 Å². The Bertz CT molecular complexity index is 1200. The van der Waals surface area contributed by atoms with Crippen LogP contribution in [0.5, 0.6) is 5.75 Å². The molecule has 4 rings (SSSR count). The smallest absolute Gasteiger partial charge is 0.407 e. The molecule has 1 aliphatic rings. The van der Waals surface area contributed by atoms with Gasteiger partial charge in [-0.25, -0.2) is 14.2 Å². The van der Waals surface area contributed by atoms with Gasteiger partial charge in [0.2, 0.25) is 0 Å². The van der Waals surface area contributed by atoms with Crippen molar-refractivity contribution in [1.82, 2.24) is 14.8 Å². The molecule has 0 radical (unpaired) electrons. The minimum atomic E-state index is -0.998. The summed E-state index contributed by atoms with van der Waals surface area (Å²) in [5.41, 5.74) is 1.72. The number of phenolic OH excluding ortho intramolecular Hbond substituents is 1. The molecule has 2 heterocycles. The minimum Gasteiger partial charge on any atom is -0.505 e. The summed E-state index contributed by atoms with van der Waals surface area (Å²) in [4.78, 5) is 31.7. The maximum atomic E-state index is 13.8. The fraction of sp³-hybridized carbons (Fsp3) is 0.227. The highest BCUT2D eigenvalue weighted by Crippen LogP contribution is 2.30. The summed E-state index contributed by atoms with van der Waals surface area (Å²) in [6, 6.07) is 10.2. The predicted octanol–water partition coefficient (Wildman–Crippen LogP) is 4.22. The summed E-state index contributed by atoms with van der Waals surface area (Å²) in [6.07, 6.45) is -0.998. The number of hydrogen-bond acceptors (Lipinski definition) is 4. The molecule has 0 bridgehead atoms. The van der Waals surface area contributed by atoms with Gasteiger partial charge in [-0.2, -0.15) is 0 Å². The van der Waals surface area contributed by atoms with E-state index in [1.54, 1.807) is 36.1 Å². The molecular weight excluding hydrogens is 425 g/mol. The van der Waals surface area contributed by atoms with Gasteiger partial charge < -0.3 is 20.0 Å². The van der Waals surface area contributed by atoms with Gasteiger partial charge in [0.25, 0.3) is 5.91 Å². The number of aromatic nitrogens is 1. The van der Waals surface area contributed by atoms with Crippen molar-refractivity contribution in [2.24, 2.45) is 0 Å².